The van der Waals surface area contributed by atoms with E-state index in [1.165, 1.54) is 6.20 Å². The Kier molecular flexibility index (Phi) is 3.04. The lowest BCUT2D eigenvalue weighted by Crippen LogP contribution is -2.23. The molecule has 2 rings (SSSR count). The maximum absolute atomic E-state index is 11.7. The van der Waals surface area contributed by atoms with Gasteiger partial charge in [0.2, 0.25) is 0 Å². The molecule has 17 heavy (non-hydrogen) atoms. The molecule has 2 heterocycles. The van der Waals surface area contributed by atoms with E-state index in [-0.39, 0.29) is 11.7 Å². The Labute approximate surface area is 98.3 Å². The number of anilines is 1. The number of aromatic amines is 1. The van der Waals surface area contributed by atoms with Crippen molar-refractivity contribution in [3.05, 3.63) is 41.3 Å². The van der Waals surface area contributed by atoms with Gasteiger partial charge in [-0.3, -0.25) is 14.9 Å². The predicted molar refractivity (Wildman–Crippen MR) is 63.1 cm³/mol. The average molecular weight is 231 g/mol. The fraction of sp³-hybridized carbons (Fsp3) is 0.182. The molecule has 4 N–H and O–H groups in total. The van der Waals surface area contributed by atoms with E-state index < -0.39 is 0 Å². The zero-order chi connectivity index (χ0) is 12.3. The normalized spacial score (nSPS) is 10.2. The number of H-pyrrole nitrogens is 1. The Morgan fingerprint density at radius 1 is 1.53 bits per heavy atom. The minimum atomic E-state index is -0.250. The van der Waals surface area contributed by atoms with E-state index >= 15 is 0 Å². The number of nitrogen functional groups attached to an aromatic ring is 1. The SMILES string of the molecule is Cc1ccncc1CNC(=O)c1cn[nH]c1N. The third-order valence-corrected chi connectivity index (χ3v) is 2.50. The molecular weight excluding hydrogens is 218 g/mol. The van der Waals surface area contributed by atoms with Crippen LogP contribution in [0.25, 0.3) is 0 Å². The summed E-state index contributed by atoms with van der Waals surface area (Å²) in [6, 6.07) is 1.90. The number of pyridine rings is 1. The molecule has 0 bridgehead atoms. The molecule has 0 radical (unpaired) electrons. The summed E-state index contributed by atoms with van der Waals surface area (Å²) >= 11 is 0. The van der Waals surface area contributed by atoms with Gasteiger partial charge in [0.05, 0.1) is 6.20 Å². The van der Waals surface area contributed by atoms with E-state index in [9.17, 15) is 4.79 Å². The Hall–Kier alpha value is -2.37. The molecule has 88 valence electrons. The molecular formula is C11H13N5O. The van der Waals surface area contributed by atoms with Gasteiger partial charge in [-0.1, -0.05) is 0 Å². The van der Waals surface area contributed by atoms with Crippen molar-refractivity contribution < 1.29 is 4.79 Å². The van der Waals surface area contributed by atoms with Crippen LogP contribution in [-0.4, -0.2) is 21.1 Å². The highest BCUT2D eigenvalue weighted by atomic mass is 16.1. The van der Waals surface area contributed by atoms with Gasteiger partial charge >= 0.3 is 0 Å². The molecule has 2 aromatic rings. The lowest BCUT2D eigenvalue weighted by Gasteiger charge is -2.06. The highest BCUT2D eigenvalue weighted by Gasteiger charge is 2.11. The first-order valence-corrected chi connectivity index (χ1v) is 5.15. The average Bonchev–Trinajstić information content (AvgIpc) is 2.74. The smallest absolute Gasteiger partial charge is 0.256 e. The molecule has 0 saturated heterocycles. The zero-order valence-corrected chi connectivity index (χ0v) is 9.40. The number of aryl methyl sites for hydroxylation is 1. The van der Waals surface area contributed by atoms with E-state index in [2.05, 4.69) is 20.5 Å². The first-order valence-electron chi connectivity index (χ1n) is 5.15. The topological polar surface area (TPSA) is 96.7 Å². The first-order chi connectivity index (χ1) is 8.18. The Balaban J connectivity index is 2.02. The molecule has 2 aromatic heterocycles. The van der Waals surface area contributed by atoms with E-state index in [1.807, 2.05) is 13.0 Å². The summed E-state index contributed by atoms with van der Waals surface area (Å²) in [6.45, 7) is 2.39. The molecule has 1 amide bonds. The van der Waals surface area contributed by atoms with E-state index in [0.29, 0.717) is 12.1 Å². The van der Waals surface area contributed by atoms with Crippen LogP contribution in [0.15, 0.2) is 24.7 Å². The lowest BCUT2D eigenvalue weighted by atomic mass is 10.1. The molecule has 0 atom stereocenters. The summed E-state index contributed by atoms with van der Waals surface area (Å²) in [7, 11) is 0. The van der Waals surface area contributed by atoms with Crippen LogP contribution in [0.3, 0.4) is 0 Å². The van der Waals surface area contributed by atoms with Gasteiger partial charge in [-0.25, -0.2) is 0 Å². The minimum absolute atomic E-state index is 0.250. The summed E-state index contributed by atoms with van der Waals surface area (Å²) in [5.74, 6) is 0.0184. The quantitative estimate of drug-likeness (QED) is 0.721. The molecule has 0 unspecified atom stereocenters. The van der Waals surface area contributed by atoms with Gasteiger partial charge in [0.15, 0.2) is 0 Å². The van der Waals surface area contributed by atoms with Crippen LogP contribution in [-0.2, 0) is 6.54 Å². The van der Waals surface area contributed by atoms with Gasteiger partial charge in [0, 0.05) is 18.9 Å². The van der Waals surface area contributed by atoms with Gasteiger partial charge in [-0.2, -0.15) is 5.10 Å². The lowest BCUT2D eigenvalue weighted by molar-refractivity contribution is 0.0952. The van der Waals surface area contributed by atoms with Gasteiger partial charge in [0.1, 0.15) is 11.4 Å². The molecule has 0 fully saturated rings. The van der Waals surface area contributed by atoms with Crippen LogP contribution in [0.5, 0.6) is 0 Å². The Morgan fingerprint density at radius 2 is 2.35 bits per heavy atom. The van der Waals surface area contributed by atoms with Crippen molar-refractivity contribution in [2.45, 2.75) is 13.5 Å². The van der Waals surface area contributed by atoms with E-state index in [0.717, 1.165) is 11.1 Å². The Morgan fingerprint density at radius 3 is 3.00 bits per heavy atom. The number of nitrogens with two attached hydrogens (primary N) is 1. The van der Waals surface area contributed by atoms with Gasteiger partial charge < -0.3 is 11.1 Å². The van der Waals surface area contributed by atoms with E-state index in [4.69, 9.17) is 5.73 Å². The molecule has 0 saturated carbocycles. The molecule has 0 aliphatic rings. The molecule has 0 aromatic carbocycles. The second-order valence-corrected chi connectivity index (χ2v) is 3.68. The molecule has 0 aliphatic heterocycles. The summed E-state index contributed by atoms with van der Waals surface area (Å²) < 4.78 is 0. The number of rotatable bonds is 3. The molecule has 6 nitrogen and oxygen atoms in total. The summed E-state index contributed by atoms with van der Waals surface area (Å²) in [5, 5.41) is 8.97. The van der Waals surface area contributed by atoms with Crippen molar-refractivity contribution in [1.29, 1.82) is 0 Å². The van der Waals surface area contributed by atoms with Crippen LogP contribution in [0, 0.1) is 6.92 Å². The minimum Gasteiger partial charge on any atom is -0.383 e. The van der Waals surface area contributed by atoms with Crippen molar-refractivity contribution >= 4 is 11.7 Å². The highest BCUT2D eigenvalue weighted by molar-refractivity contribution is 5.97. The maximum Gasteiger partial charge on any atom is 0.256 e. The number of carbonyl (C=O) groups excluding carboxylic acids is 1. The molecule has 0 aliphatic carbocycles. The summed E-state index contributed by atoms with van der Waals surface area (Å²) in [6.07, 6.45) is 4.85. The van der Waals surface area contributed by atoms with Crippen molar-refractivity contribution in [2.75, 3.05) is 5.73 Å². The molecule has 6 heteroatoms. The van der Waals surface area contributed by atoms with Crippen molar-refractivity contribution in [3.8, 4) is 0 Å². The van der Waals surface area contributed by atoms with Crippen molar-refractivity contribution in [2.24, 2.45) is 0 Å². The predicted octanol–water partition coefficient (Wildman–Crippen LogP) is 0.625. The number of nitrogens with one attached hydrogen (secondary N) is 2. The summed E-state index contributed by atoms with van der Waals surface area (Å²) in [5.41, 5.74) is 7.96. The van der Waals surface area contributed by atoms with Crippen molar-refractivity contribution in [1.82, 2.24) is 20.5 Å². The fourth-order valence-corrected chi connectivity index (χ4v) is 1.43. The van der Waals surface area contributed by atoms with Crippen LogP contribution in [0.1, 0.15) is 21.5 Å². The van der Waals surface area contributed by atoms with Crippen LogP contribution in [0.2, 0.25) is 0 Å². The van der Waals surface area contributed by atoms with Crippen molar-refractivity contribution in [3.63, 3.8) is 0 Å². The van der Waals surface area contributed by atoms with E-state index in [1.54, 1.807) is 12.4 Å². The number of carbonyl (C=O) groups is 1. The number of amides is 1. The van der Waals surface area contributed by atoms with Gasteiger partial charge in [-0.05, 0) is 24.1 Å². The van der Waals surface area contributed by atoms with Crippen LogP contribution in [0.4, 0.5) is 5.82 Å². The van der Waals surface area contributed by atoms with Crippen LogP contribution < -0.4 is 11.1 Å². The standard InChI is InChI=1S/C11H13N5O/c1-7-2-3-13-4-8(7)5-14-11(17)9-6-15-16-10(9)12/h2-4,6H,5H2,1H3,(H,14,17)(H3,12,15,16). The number of aromatic nitrogens is 3. The fourth-order valence-electron chi connectivity index (χ4n) is 1.43. The number of hydrogen-bond donors (Lipinski definition) is 3. The summed E-state index contributed by atoms with van der Waals surface area (Å²) in [4.78, 5) is 15.7. The Bertz CT molecular complexity index is 534. The third-order valence-electron chi connectivity index (χ3n) is 2.50. The van der Waals surface area contributed by atoms with Gasteiger partial charge in [0.25, 0.3) is 5.91 Å². The third kappa shape index (κ3) is 2.41. The highest BCUT2D eigenvalue weighted by Crippen LogP contribution is 2.07. The second kappa shape index (κ2) is 4.65. The number of hydrogen-bond acceptors (Lipinski definition) is 4. The van der Waals surface area contributed by atoms with Crippen LogP contribution >= 0.6 is 0 Å². The number of nitrogens with zero attached hydrogens (tertiary/aromatic N) is 2. The second-order valence-electron chi connectivity index (χ2n) is 3.68. The largest absolute Gasteiger partial charge is 0.383 e. The monoisotopic (exact) mass is 231 g/mol. The van der Waals surface area contributed by atoms with Gasteiger partial charge in [-0.15, -0.1) is 0 Å². The maximum atomic E-state index is 11.7. The first kappa shape index (κ1) is 11.1. The zero-order valence-electron chi connectivity index (χ0n) is 9.40. The molecule has 0 spiro atoms.